The number of benzene rings is 1. The summed E-state index contributed by atoms with van der Waals surface area (Å²) in [5, 5.41) is 6.83. The van der Waals surface area contributed by atoms with Gasteiger partial charge in [-0.1, -0.05) is 32.0 Å². The van der Waals surface area contributed by atoms with E-state index in [2.05, 4.69) is 29.4 Å². The number of carbonyl (C=O) groups excluding carboxylic acids is 2. The van der Waals surface area contributed by atoms with Crippen molar-refractivity contribution in [3.05, 3.63) is 51.4 Å². The third kappa shape index (κ3) is 5.29. The zero-order chi connectivity index (χ0) is 21.5. The highest BCUT2D eigenvalue weighted by Gasteiger charge is 2.26. The van der Waals surface area contributed by atoms with Crippen molar-refractivity contribution < 1.29 is 9.59 Å². The van der Waals surface area contributed by atoms with Crippen LogP contribution in [-0.4, -0.2) is 42.9 Å². The third-order valence-electron chi connectivity index (χ3n) is 5.85. The maximum absolute atomic E-state index is 13.1. The Balaban J connectivity index is 1.74. The van der Waals surface area contributed by atoms with E-state index in [9.17, 15) is 9.59 Å². The highest BCUT2D eigenvalue weighted by molar-refractivity contribution is 7.17. The Labute approximate surface area is 183 Å². The fourth-order valence-corrected chi connectivity index (χ4v) is 5.31. The fraction of sp³-hybridized carbons (Fsp3) is 0.500. The van der Waals surface area contributed by atoms with E-state index >= 15 is 0 Å². The standard InChI is InChI=1S/C24H33N3O2S/c1-4-27(5-2)16-10-15-25-23(29)21-19-13-8-9-14-20(19)30-24(21)26-22(28)18-12-7-6-11-17(18)3/h6-7,11-12H,4-5,8-10,13-16H2,1-3H3,(H,25,29)(H,26,28). The maximum atomic E-state index is 13.1. The van der Waals surface area contributed by atoms with E-state index in [1.807, 2.05) is 31.2 Å². The monoisotopic (exact) mass is 427 g/mol. The van der Waals surface area contributed by atoms with Gasteiger partial charge in [0, 0.05) is 17.0 Å². The van der Waals surface area contributed by atoms with E-state index < -0.39 is 0 Å². The number of hydrogen-bond acceptors (Lipinski definition) is 4. The molecule has 0 saturated carbocycles. The van der Waals surface area contributed by atoms with E-state index in [0.29, 0.717) is 22.7 Å². The summed E-state index contributed by atoms with van der Waals surface area (Å²) >= 11 is 1.57. The van der Waals surface area contributed by atoms with Crippen LogP contribution in [-0.2, 0) is 12.8 Å². The number of anilines is 1. The molecule has 1 aromatic carbocycles. The molecule has 0 unspecified atom stereocenters. The van der Waals surface area contributed by atoms with Gasteiger partial charge in [0.1, 0.15) is 5.00 Å². The molecule has 0 aliphatic heterocycles. The minimum absolute atomic E-state index is 0.0611. The Bertz CT molecular complexity index is 887. The SMILES string of the molecule is CCN(CC)CCCNC(=O)c1c(NC(=O)c2ccccc2C)sc2c1CCCC2. The summed E-state index contributed by atoms with van der Waals surface area (Å²) in [5.74, 6) is -0.212. The zero-order valence-corrected chi connectivity index (χ0v) is 19.2. The highest BCUT2D eigenvalue weighted by Crippen LogP contribution is 2.38. The smallest absolute Gasteiger partial charge is 0.256 e. The molecule has 1 aromatic heterocycles. The molecule has 6 heteroatoms. The van der Waals surface area contributed by atoms with Crippen LogP contribution in [0.5, 0.6) is 0 Å². The van der Waals surface area contributed by atoms with E-state index in [1.165, 1.54) is 4.88 Å². The molecular formula is C24H33N3O2S. The molecule has 2 amide bonds. The molecular weight excluding hydrogens is 394 g/mol. The number of rotatable bonds is 9. The molecule has 162 valence electrons. The molecule has 3 rings (SSSR count). The number of carbonyl (C=O) groups is 2. The van der Waals surface area contributed by atoms with Crippen molar-refractivity contribution >= 4 is 28.2 Å². The zero-order valence-electron chi connectivity index (χ0n) is 18.3. The first-order chi connectivity index (χ1) is 14.5. The number of thiophene rings is 1. The lowest BCUT2D eigenvalue weighted by atomic mass is 9.95. The molecule has 0 spiro atoms. The van der Waals surface area contributed by atoms with Crippen LogP contribution >= 0.6 is 11.3 Å². The molecule has 2 N–H and O–H groups in total. The second-order valence-electron chi connectivity index (χ2n) is 7.82. The van der Waals surface area contributed by atoms with E-state index in [-0.39, 0.29) is 11.8 Å². The van der Waals surface area contributed by atoms with Crippen molar-refractivity contribution in [2.24, 2.45) is 0 Å². The van der Waals surface area contributed by atoms with Crippen molar-refractivity contribution in [2.75, 3.05) is 31.5 Å². The molecule has 0 bridgehead atoms. The van der Waals surface area contributed by atoms with Crippen LogP contribution in [0.3, 0.4) is 0 Å². The lowest BCUT2D eigenvalue weighted by Gasteiger charge is -2.18. The number of nitrogens with zero attached hydrogens (tertiary/aromatic N) is 1. The maximum Gasteiger partial charge on any atom is 0.256 e. The van der Waals surface area contributed by atoms with Crippen molar-refractivity contribution in [1.29, 1.82) is 0 Å². The minimum Gasteiger partial charge on any atom is -0.352 e. The molecule has 0 radical (unpaired) electrons. The van der Waals surface area contributed by atoms with Crippen molar-refractivity contribution in [2.45, 2.75) is 52.9 Å². The van der Waals surface area contributed by atoms with Crippen LogP contribution in [0.2, 0.25) is 0 Å². The van der Waals surface area contributed by atoms with E-state index in [0.717, 1.165) is 62.9 Å². The fourth-order valence-electron chi connectivity index (χ4n) is 4.03. The molecule has 0 saturated heterocycles. The molecule has 2 aromatic rings. The second kappa shape index (κ2) is 10.7. The summed E-state index contributed by atoms with van der Waals surface area (Å²) in [6.45, 7) is 9.91. The summed E-state index contributed by atoms with van der Waals surface area (Å²) in [5.41, 5.74) is 3.39. The summed E-state index contributed by atoms with van der Waals surface area (Å²) in [7, 11) is 0. The molecule has 5 nitrogen and oxygen atoms in total. The second-order valence-corrected chi connectivity index (χ2v) is 8.93. The molecule has 0 fully saturated rings. The normalized spacial score (nSPS) is 13.2. The van der Waals surface area contributed by atoms with Gasteiger partial charge in [0.15, 0.2) is 0 Å². The quantitative estimate of drug-likeness (QED) is 0.573. The van der Waals surface area contributed by atoms with Gasteiger partial charge in [-0.15, -0.1) is 11.3 Å². The molecule has 1 aliphatic rings. The van der Waals surface area contributed by atoms with Gasteiger partial charge >= 0.3 is 0 Å². The topological polar surface area (TPSA) is 61.4 Å². The summed E-state index contributed by atoms with van der Waals surface area (Å²) < 4.78 is 0. The van der Waals surface area contributed by atoms with E-state index in [1.54, 1.807) is 11.3 Å². The molecule has 1 heterocycles. The summed E-state index contributed by atoms with van der Waals surface area (Å²) in [4.78, 5) is 29.6. The predicted molar refractivity (Wildman–Crippen MR) is 125 cm³/mol. The molecule has 0 atom stereocenters. The number of fused-ring (bicyclic) bond motifs is 1. The first-order valence-electron chi connectivity index (χ1n) is 11.1. The first kappa shape index (κ1) is 22.5. The Hall–Kier alpha value is -2.18. The number of nitrogens with one attached hydrogen (secondary N) is 2. The number of amides is 2. The average Bonchev–Trinajstić information content (AvgIpc) is 3.11. The number of hydrogen-bond donors (Lipinski definition) is 2. The molecule has 30 heavy (non-hydrogen) atoms. The van der Waals surface area contributed by atoms with Crippen molar-refractivity contribution in [1.82, 2.24) is 10.2 Å². The first-order valence-corrected chi connectivity index (χ1v) is 11.9. The van der Waals surface area contributed by atoms with Crippen LogP contribution in [0.15, 0.2) is 24.3 Å². The van der Waals surface area contributed by atoms with Gasteiger partial charge in [0.25, 0.3) is 11.8 Å². The number of aryl methyl sites for hydroxylation is 2. The van der Waals surface area contributed by atoms with Gasteiger partial charge in [-0.05, 0) is 75.9 Å². The van der Waals surface area contributed by atoms with Crippen LogP contribution in [0.25, 0.3) is 0 Å². The van der Waals surface area contributed by atoms with Gasteiger partial charge < -0.3 is 15.5 Å². The Morgan fingerprint density at radius 3 is 2.53 bits per heavy atom. The highest BCUT2D eigenvalue weighted by atomic mass is 32.1. The average molecular weight is 428 g/mol. The predicted octanol–water partition coefficient (Wildman–Crippen LogP) is 4.65. The lowest BCUT2D eigenvalue weighted by molar-refractivity contribution is 0.0952. The largest absolute Gasteiger partial charge is 0.352 e. The van der Waals surface area contributed by atoms with Crippen molar-refractivity contribution in [3.8, 4) is 0 Å². The van der Waals surface area contributed by atoms with Crippen LogP contribution in [0.1, 0.15) is 69.8 Å². The molecule has 1 aliphatic carbocycles. The van der Waals surface area contributed by atoms with Crippen LogP contribution in [0, 0.1) is 6.92 Å². The van der Waals surface area contributed by atoms with E-state index in [4.69, 9.17) is 0 Å². The van der Waals surface area contributed by atoms with Gasteiger partial charge in [-0.25, -0.2) is 0 Å². The third-order valence-corrected chi connectivity index (χ3v) is 7.05. The summed E-state index contributed by atoms with van der Waals surface area (Å²) in [6.07, 6.45) is 5.06. The lowest BCUT2D eigenvalue weighted by Crippen LogP contribution is -2.30. The Morgan fingerprint density at radius 2 is 1.80 bits per heavy atom. The van der Waals surface area contributed by atoms with Gasteiger partial charge in [-0.2, -0.15) is 0 Å². The van der Waals surface area contributed by atoms with Crippen LogP contribution in [0.4, 0.5) is 5.00 Å². The van der Waals surface area contributed by atoms with Crippen molar-refractivity contribution in [3.63, 3.8) is 0 Å². The Morgan fingerprint density at radius 1 is 1.07 bits per heavy atom. The summed E-state index contributed by atoms with van der Waals surface area (Å²) in [6, 6.07) is 7.54. The van der Waals surface area contributed by atoms with Crippen LogP contribution < -0.4 is 10.6 Å². The van der Waals surface area contributed by atoms with Gasteiger partial charge in [0.05, 0.1) is 5.56 Å². The van der Waals surface area contributed by atoms with Gasteiger partial charge in [-0.3, -0.25) is 9.59 Å². The van der Waals surface area contributed by atoms with Gasteiger partial charge in [0.2, 0.25) is 0 Å². The minimum atomic E-state index is -0.151. The Kier molecular flexibility index (Phi) is 8.05.